The minimum absolute atomic E-state index is 0.0301. The molecular weight excluding hydrogens is 280 g/mol. The predicted molar refractivity (Wildman–Crippen MR) is 87.7 cm³/mol. The highest BCUT2D eigenvalue weighted by atomic mass is 16.6. The van der Waals surface area contributed by atoms with Crippen molar-refractivity contribution in [2.75, 3.05) is 26.4 Å². The Bertz CT molecular complexity index is 384. The van der Waals surface area contributed by atoms with E-state index in [9.17, 15) is 4.79 Å². The average molecular weight is 312 g/mol. The first kappa shape index (κ1) is 19.2. The molecule has 0 heterocycles. The zero-order valence-corrected chi connectivity index (χ0v) is 15.0. The van der Waals surface area contributed by atoms with Crippen molar-refractivity contribution >= 4 is 5.97 Å². The molecule has 128 valence electrons. The maximum absolute atomic E-state index is 12.3. The van der Waals surface area contributed by atoms with Crippen molar-refractivity contribution in [3.63, 3.8) is 0 Å². The van der Waals surface area contributed by atoms with Gasteiger partial charge >= 0.3 is 5.97 Å². The van der Waals surface area contributed by atoms with Crippen LogP contribution in [0.1, 0.15) is 54.4 Å². The molecule has 4 heteroatoms. The summed E-state index contributed by atoms with van der Waals surface area (Å²) in [6.45, 7) is 14.4. The summed E-state index contributed by atoms with van der Waals surface area (Å²) in [7, 11) is 0. The molecule has 4 nitrogen and oxygen atoms in total. The Kier molecular flexibility index (Phi) is 7.07. The Morgan fingerprint density at radius 1 is 1.23 bits per heavy atom. The largest absolute Gasteiger partial charge is 0.460 e. The Morgan fingerprint density at radius 3 is 2.23 bits per heavy atom. The van der Waals surface area contributed by atoms with E-state index in [-0.39, 0.29) is 17.3 Å². The van der Waals surface area contributed by atoms with Gasteiger partial charge in [0.05, 0.1) is 19.1 Å². The van der Waals surface area contributed by atoms with Crippen LogP contribution in [0.15, 0.2) is 11.6 Å². The molecule has 1 aliphatic carbocycles. The summed E-state index contributed by atoms with van der Waals surface area (Å²) < 4.78 is 16.8. The van der Waals surface area contributed by atoms with Crippen LogP contribution in [0.4, 0.5) is 0 Å². The molecule has 0 radical (unpaired) electrons. The van der Waals surface area contributed by atoms with Gasteiger partial charge in [0.15, 0.2) is 0 Å². The van der Waals surface area contributed by atoms with Crippen LogP contribution in [0.3, 0.4) is 0 Å². The van der Waals surface area contributed by atoms with E-state index in [1.165, 1.54) is 0 Å². The van der Waals surface area contributed by atoms with Crippen molar-refractivity contribution in [1.29, 1.82) is 0 Å². The molecule has 1 atom stereocenters. The van der Waals surface area contributed by atoms with Crippen LogP contribution in [-0.4, -0.2) is 38.0 Å². The molecule has 1 rings (SSSR count). The Morgan fingerprint density at radius 2 is 1.77 bits per heavy atom. The maximum atomic E-state index is 12.3. The highest BCUT2D eigenvalue weighted by Gasteiger charge is 2.38. The smallest absolute Gasteiger partial charge is 0.313 e. The Labute approximate surface area is 135 Å². The lowest BCUT2D eigenvalue weighted by molar-refractivity contribution is -0.158. The second kappa shape index (κ2) is 8.11. The third kappa shape index (κ3) is 5.73. The number of rotatable bonds is 8. The summed E-state index contributed by atoms with van der Waals surface area (Å²) in [5.74, 6) is -0.355. The van der Waals surface area contributed by atoms with Crippen molar-refractivity contribution < 1.29 is 19.0 Å². The van der Waals surface area contributed by atoms with E-state index in [0.29, 0.717) is 26.4 Å². The molecule has 1 unspecified atom stereocenters. The lowest BCUT2D eigenvalue weighted by Gasteiger charge is -2.30. The van der Waals surface area contributed by atoms with Crippen LogP contribution in [0.5, 0.6) is 0 Å². The first-order valence-electron chi connectivity index (χ1n) is 8.30. The summed E-state index contributed by atoms with van der Waals surface area (Å²) in [6, 6.07) is 0. The lowest BCUT2D eigenvalue weighted by atomic mass is 9.84. The van der Waals surface area contributed by atoms with Gasteiger partial charge in [0.25, 0.3) is 0 Å². The van der Waals surface area contributed by atoms with Crippen LogP contribution in [0.2, 0.25) is 0 Å². The summed E-state index contributed by atoms with van der Waals surface area (Å²) >= 11 is 0. The lowest BCUT2D eigenvalue weighted by Crippen LogP contribution is -2.32. The second-order valence-corrected chi connectivity index (χ2v) is 7.19. The Hall–Kier alpha value is -0.870. The zero-order valence-electron chi connectivity index (χ0n) is 15.0. The molecule has 0 aromatic carbocycles. The average Bonchev–Trinajstić information content (AvgIpc) is 2.85. The van der Waals surface area contributed by atoms with Crippen molar-refractivity contribution in [1.82, 2.24) is 0 Å². The highest BCUT2D eigenvalue weighted by molar-refractivity contribution is 5.76. The van der Waals surface area contributed by atoms with Gasteiger partial charge < -0.3 is 14.2 Å². The molecule has 1 aliphatic rings. The van der Waals surface area contributed by atoms with E-state index >= 15 is 0 Å². The van der Waals surface area contributed by atoms with Gasteiger partial charge in [-0.05, 0) is 54.4 Å². The van der Waals surface area contributed by atoms with Crippen molar-refractivity contribution in [3.8, 4) is 0 Å². The fourth-order valence-electron chi connectivity index (χ4n) is 2.70. The minimum Gasteiger partial charge on any atom is -0.460 e. The van der Waals surface area contributed by atoms with E-state index < -0.39 is 5.60 Å². The fourth-order valence-corrected chi connectivity index (χ4v) is 2.70. The molecule has 0 saturated heterocycles. The van der Waals surface area contributed by atoms with Gasteiger partial charge in [0, 0.05) is 18.6 Å². The minimum atomic E-state index is -0.446. The molecule has 0 aromatic heterocycles. The highest BCUT2D eigenvalue weighted by Crippen LogP contribution is 2.41. The third-order valence-electron chi connectivity index (χ3n) is 3.92. The van der Waals surface area contributed by atoms with Crippen LogP contribution in [-0.2, 0) is 19.0 Å². The van der Waals surface area contributed by atoms with Gasteiger partial charge in [-0.1, -0.05) is 11.6 Å². The molecule has 22 heavy (non-hydrogen) atoms. The monoisotopic (exact) mass is 312 g/mol. The van der Waals surface area contributed by atoms with Gasteiger partial charge in [0.1, 0.15) is 5.60 Å². The standard InChI is InChI=1S/C18H32O4/c1-7-20-12-18(13-21-8-2)10-9-15(11-18)14(3)16(19)22-17(4,5)6/h9,14H,7-8,10-13H2,1-6H3. The molecule has 0 spiro atoms. The number of hydrogen-bond donors (Lipinski definition) is 0. The molecular formula is C18H32O4. The van der Waals surface area contributed by atoms with Gasteiger partial charge in [-0.3, -0.25) is 4.79 Å². The van der Waals surface area contributed by atoms with E-state index in [0.717, 1.165) is 18.4 Å². The van der Waals surface area contributed by atoms with Crippen molar-refractivity contribution in [2.45, 2.75) is 60.0 Å². The molecule has 0 aliphatic heterocycles. The first-order valence-corrected chi connectivity index (χ1v) is 8.30. The second-order valence-electron chi connectivity index (χ2n) is 7.19. The van der Waals surface area contributed by atoms with Gasteiger partial charge in [0.2, 0.25) is 0 Å². The summed E-state index contributed by atoms with van der Waals surface area (Å²) in [5, 5.41) is 0. The zero-order chi connectivity index (χ0) is 16.8. The number of ether oxygens (including phenoxy) is 3. The van der Waals surface area contributed by atoms with E-state index in [1.54, 1.807) is 0 Å². The third-order valence-corrected chi connectivity index (χ3v) is 3.92. The van der Waals surface area contributed by atoms with E-state index in [1.807, 2.05) is 41.5 Å². The molecule has 0 amide bonds. The SMILES string of the molecule is CCOCC1(COCC)CC=C(C(C)C(=O)OC(C)(C)C)C1. The van der Waals surface area contributed by atoms with E-state index in [2.05, 4.69) is 6.08 Å². The van der Waals surface area contributed by atoms with Gasteiger partial charge in [-0.2, -0.15) is 0 Å². The van der Waals surface area contributed by atoms with Crippen LogP contribution in [0.25, 0.3) is 0 Å². The maximum Gasteiger partial charge on any atom is 0.313 e. The van der Waals surface area contributed by atoms with Crippen LogP contribution >= 0.6 is 0 Å². The number of carbonyl (C=O) groups is 1. The topological polar surface area (TPSA) is 44.8 Å². The number of carbonyl (C=O) groups excluding carboxylic acids is 1. The predicted octanol–water partition coefficient (Wildman–Crippen LogP) is 3.74. The summed E-state index contributed by atoms with van der Waals surface area (Å²) in [6.07, 6.45) is 3.91. The molecule has 0 N–H and O–H groups in total. The van der Waals surface area contributed by atoms with Crippen LogP contribution in [0, 0.1) is 11.3 Å². The van der Waals surface area contributed by atoms with E-state index in [4.69, 9.17) is 14.2 Å². The number of allylic oxidation sites excluding steroid dienone is 1. The van der Waals surface area contributed by atoms with Gasteiger partial charge in [-0.25, -0.2) is 0 Å². The van der Waals surface area contributed by atoms with Crippen molar-refractivity contribution in [2.24, 2.45) is 11.3 Å². The quantitative estimate of drug-likeness (QED) is 0.506. The first-order chi connectivity index (χ1) is 10.2. The molecule has 0 fully saturated rings. The van der Waals surface area contributed by atoms with Crippen molar-refractivity contribution in [3.05, 3.63) is 11.6 Å². The number of esters is 1. The fraction of sp³-hybridized carbons (Fsp3) is 0.833. The normalized spacial score (nSPS) is 18.9. The Balaban J connectivity index is 2.68. The molecule has 0 aromatic rings. The molecule has 0 saturated carbocycles. The van der Waals surface area contributed by atoms with Gasteiger partial charge in [-0.15, -0.1) is 0 Å². The summed E-state index contributed by atoms with van der Waals surface area (Å²) in [4.78, 5) is 12.3. The molecule has 0 bridgehead atoms. The van der Waals surface area contributed by atoms with Crippen LogP contribution < -0.4 is 0 Å². The summed E-state index contributed by atoms with van der Waals surface area (Å²) in [5.41, 5.74) is 0.671. The number of hydrogen-bond acceptors (Lipinski definition) is 4.